The van der Waals surface area contributed by atoms with Crippen LogP contribution in [0.15, 0.2) is 30.6 Å². The Hall–Kier alpha value is -3.16. The number of aryl methyl sites for hydroxylation is 1. The van der Waals surface area contributed by atoms with Crippen LogP contribution in [0.3, 0.4) is 0 Å². The topological polar surface area (TPSA) is 146 Å². The molecule has 12 nitrogen and oxygen atoms in total. The minimum absolute atomic E-state index is 0.167. The molecule has 0 bridgehead atoms. The fourth-order valence-corrected chi connectivity index (χ4v) is 4.83. The van der Waals surface area contributed by atoms with Crippen LogP contribution in [-0.2, 0) is 23.6 Å². The molecule has 1 saturated heterocycles. The summed E-state index contributed by atoms with van der Waals surface area (Å²) in [7, 11) is -1.59. The molecule has 176 valence electrons. The van der Waals surface area contributed by atoms with Crippen molar-refractivity contribution in [2.75, 3.05) is 30.8 Å². The number of carbonyl (C=O) groups excluding carboxylic acids is 1. The van der Waals surface area contributed by atoms with Crippen molar-refractivity contribution in [3.8, 4) is 0 Å². The maximum atomic E-state index is 12.5. The van der Waals surface area contributed by atoms with Crippen molar-refractivity contribution in [2.45, 2.75) is 19.4 Å². The first kappa shape index (κ1) is 23.0. The highest BCUT2D eigenvalue weighted by Gasteiger charge is 2.27. The van der Waals surface area contributed by atoms with Gasteiger partial charge in [0, 0.05) is 45.6 Å². The van der Waals surface area contributed by atoms with E-state index in [1.165, 1.54) is 23.0 Å². The maximum absolute atomic E-state index is 12.5. The molecule has 0 unspecified atom stereocenters. The number of nitrogens with zero attached hydrogens (tertiary/aromatic N) is 7. The smallest absolute Gasteiger partial charge is 0.277 e. The third-order valence-corrected chi connectivity index (χ3v) is 7.08. The van der Waals surface area contributed by atoms with E-state index in [1.807, 2.05) is 23.1 Å². The van der Waals surface area contributed by atoms with Crippen molar-refractivity contribution in [2.24, 2.45) is 13.0 Å². The van der Waals surface area contributed by atoms with Crippen molar-refractivity contribution < 1.29 is 18.4 Å². The average molecular weight is 475 g/mol. The van der Waals surface area contributed by atoms with Gasteiger partial charge in [-0.05, 0) is 36.5 Å². The third kappa shape index (κ3) is 5.26. The van der Waals surface area contributed by atoms with E-state index in [2.05, 4.69) is 20.3 Å². The summed E-state index contributed by atoms with van der Waals surface area (Å²) in [5.74, 6) is 0.0402. The zero-order valence-corrected chi connectivity index (χ0v) is 19.2. The van der Waals surface area contributed by atoms with Crippen molar-refractivity contribution in [1.82, 2.24) is 34.7 Å². The highest BCUT2D eigenvalue weighted by atomic mass is 32.2. The van der Waals surface area contributed by atoms with E-state index in [-0.39, 0.29) is 18.0 Å². The number of hydrogen-bond donors (Lipinski definition) is 2. The van der Waals surface area contributed by atoms with Gasteiger partial charge in [0.25, 0.3) is 5.91 Å². The molecule has 0 atom stereocenters. The van der Waals surface area contributed by atoms with Gasteiger partial charge >= 0.3 is 0 Å². The van der Waals surface area contributed by atoms with Crippen LogP contribution >= 0.6 is 0 Å². The lowest BCUT2D eigenvalue weighted by atomic mass is 9.97. The average Bonchev–Trinajstić information content (AvgIpc) is 3.18. The fraction of sp³-hybridized carbons (Fsp3) is 0.450. The third-order valence-electron chi connectivity index (χ3n) is 5.86. The standard InChI is InChI=1S/C20H26N8O4S/c1-26-18-9-15(3-4-17(18)23-25-26)13-28(33(2,31)32)12-14-5-7-27(8-6-14)20-21-10-16(11-22-20)19(29)24-30/h3-4,9-11,14,30H,5-8,12-13H2,1-2H3,(H,24,29). The Bertz CT molecular complexity index is 1240. The summed E-state index contributed by atoms with van der Waals surface area (Å²) >= 11 is 0. The van der Waals surface area contributed by atoms with E-state index in [9.17, 15) is 13.2 Å². The van der Waals surface area contributed by atoms with E-state index < -0.39 is 15.9 Å². The Labute approximate surface area is 191 Å². The van der Waals surface area contributed by atoms with Gasteiger partial charge in [-0.1, -0.05) is 11.3 Å². The van der Waals surface area contributed by atoms with E-state index in [0.717, 1.165) is 29.4 Å². The Kier molecular flexibility index (Phi) is 6.54. The summed E-state index contributed by atoms with van der Waals surface area (Å²) in [6.45, 7) is 2.09. The van der Waals surface area contributed by atoms with Gasteiger partial charge in [0.2, 0.25) is 16.0 Å². The summed E-state index contributed by atoms with van der Waals surface area (Å²) in [4.78, 5) is 21.8. The molecule has 1 fully saturated rings. The van der Waals surface area contributed by atoms with Crippen molar-refractivity contribution in [3.63, 3.8) is 0 Å². The second kappa shape index (κ2) is 9.37. The lowest BCUT2D eigenvalue weighted by molar-refractivity contribution is 0.0705. The monoisotopic (exact) mass is 474 g/mol. The van der Waals surface area contributed by atoms with Gasteiger partial charge in [-0.15, -0.1) is 5.10 Å². The van der Waals surface area contributed by atoms with Gasteiger partial charge in [0.1, 0.15) is 5.52 Å². The first-order valence-electron chi connectivity index (χ1n) is 10.5. The quantitative estimate of drug-likeness (QED) is 0.370. The number of hydrogen-bond acceptors (Lipinski definition) is 9. The van der Waals surface area contributed by atoms with Crippen LogP contribution in [0.5, 0.6) is 0 Å². The first-order valence-corrected chi connectivity index (χ1v) is 12.3. The predicted molar refractivity (Wildman–Crippen MR) is 120 cm³/mol. The molecule has 3 heterocycles. The van der Waals surface area contributed by atoms with Gasteiger partial charge in [-0.25, -0.2) is 28.5 Å². The van der Waals surface area contributed by atoms with Crippen molar-refractivity contribution in [3.05, 3.63) is 41.7 Å². The molecule has 33 heavy (non-hydrogen) atoms. The van der Waals surface area contributed by atoms with Gasteiger partial charge < -0.3 is 4.90 Å². The first-order chi connectivity index (χ1) is 15.7. The summed E-state index contributed by atoms with van der Waals surface area (Å²) in [6.07, 6.45) is 5.54. The highest BCUT2D eigenvalue weighted by Crippen LogP contribution is 2.24. The number of sulfonamides is 1. The fourth-order valence-electron chi connectivity index (χ4n) is 3.97. The molecule has 1 aromatic carbocycles. The van der Waals surface area contributed by atoms with Gasteiger partial charge in [0.15, 0.2) is 0 Å². The van der Waals surface area contributed by atoms with Gasteiger partial charge in [-0.3, -0.25) is 10.0 Å². The Morgan fingerprint density at radius 3 is 2.58 bits per heavy atom. The van der Waals surface area contributed by atoms with Crippen LogP contribution in [0.25, 0.3) is 11.0 Å². The minimum atomic E-state index is -3.39. The molecule has 0 radical (unpaired) electrons. The lowest BCUT2D eigenvalue weighted by Crippen LogP contribution is -2.41. The van der Waals surface area contributed by atoms with Gasteiger partial charge in [0.05, 0.1) is 17.3 Å². The highest BCUT2D eigenvalue weighted by molar-refractivity contribution is 7.88. The van der Waals surface area contributed by atoms with Crippen LogP contribution < -0.4 is 10.4 Å². The van der Waals surface area contributed by atoms with Crippen LogP contribution in [0.4, 0.5) is 5.95 Å². The largest absolute Gasteiger partial charge is 0.341 e. The number of aromatic nitrogens is 5. The van der Waals surface area contributed by atoms with E-state index in [0.29, 0.717) is 25.6 Å². The molecule has 1 amide bonds. The predicted octanol–water partition coefficient (Wildman–Crippen LogP) is 0.556. The number of hydroxylamine groups is 1. The number of piperidine rings is 1. The number of anilines is 1. The summed E-state index contributed by atoms with van der Waals surface area (Å²) in [5, 5.41) is 16.8. The molecule has 0 spiro atoms. The van der Waals surface area contributed by atoms with E-state index >= 15 is 0 Å². The van der Waals surface area contributed by atoms with Gasteiger partial charge in [-0.2, -0.15) is 4.31 Å². The molecule has 2 N–H and O–H groups in total. The zero-order chi connectivity index (χ0) is 23.6. The molecule has 3 aromatic rings. The SMILES string of the molecule is Cn1nnc2ccc(CN(CC3CCN(c4ncc(C(=O)NO)cn4)CC3)S(C)(=O)=O)cc21. The molecular formula is C20H26N8O4S. The Morgan fingerprint density at radius 1 is 1.24 bits per heavy atom. The minimum Gasteiger partial charge on any atom is -0.341 e. The number of nitrogens with one attached hydrogen (secondary N) is 1. The van der Waals surface area contributed by atoms with Crippen LogP contribution in [-0.4, -0.2) is 74.7 Å². The molecule has 0 saturated carbocycles. The Morgan fingerprint density at radius 2 is 1.94 bits per heavy atom. The van der Waals surface area contributed by atoms with Crippen LogP contribution in [0.2, 0.25) is 0 Å². The molecule has 1 aliphatic heterocycles. The van der Waals surface area contributed by atoms with E-state index in [1.54, 1.807) is 17.2 Å². The molecule has 4 rings (SSSR count). The molecular weight excluding hydrogens is 448 g/mol. The van der Waals surface area contributed by atoms with E-state index in [4.69, 9.17) is 5.21 Å². The zero-order valence-electron chi connectivity index (χ0n) is 18.4. The number of fused-ring (bicyclic) bond motifs is 1. The molecule has 2 aromatic heterocycles. The number of rotatable bonds is 7. The normalized spacial score (nSPS) is 15.3. The molecule has 13 heteroatoms. The van der Waals surface area contributed by atoms with Crippen LogP contribution in [0.1, 0.15) is 28.8 Å². The second-order valence-electron chi connectivity index (χ2n) is 8.23. The molecule has 0 aliphatic carbocycles. The number of amides is 1. The summed E-state index contributed by atoms with van der Waals surface area (Å²) in [5.41, 5.74) is 4.23. The second-order valence-corrected chi connectivity index (χ2v) is 10.2. The lowest BCUT2D eigenvalue weighted by Gasteiger charge is -2.34. The maximum Gasteiger partial charge on any atom is 0.277 e. The summed E-state index contributed by atoms with van der Waals surface area (Å²) < 4.78 is 28.2. The molecule has 1 aliphatic rings. The van der Waals surface area contributed by atoms with Crippen molar-refractivity contribution >= 4 is 32.9 Å². The summed E-state index contributed by atoms with van der Waals surface area (Å²) in [6, 6.07) is 5.66. The number of carbonyl (C=O) groups is 1. The Balaban J connectivity index is 1.39. The van der Waals surface area contributed by atoms with Crippen LogP contribution in [0, 0.1) is 5.92 Å². The number of benzene rings is 1. The van der Waals surface area contributed by atoms with Crippen molar-refractivity contribution in [1.29, 1.82) is 0 Å².